The van der Waals surface area contributed by atoms with Gasteiger partial charge in [-0.1, -0.05) is 19.1 Å². The Hall–Kier alpha value is -2.21. The molecule has 0 atom stereocenters. The van der Waals surface area contributed by atoms with Crippen LogP contribution in [0.5, 0.6) is 0 Å². The van der Waals surface area contributed by atoms with Crippen LogP contribution in [0.3, 0.4) is 0 Å². The lowest BCUT2D eigenvalue weighted by molar-refractivity contribution is -0.132. The molecule has 1 amide bonds. The number of likely N-dealkylation sites (N-methyl/N-ethyl adjacent to an activating group) is 1. The van der Waals surface area contributed by atoms with Gasteiger partial charge in [0, 0.05) is 19.6 Å². The fraction of sp³-hybridized carbons (Fsp3) is 0.471. The van der Waals surface area contributed by atoms with Gasteiger partial charge in [-0.2, -0.15) is 0 Å². The van der Waals surface area contributed by atoms with Gasteiger partial charge >= 0.3 is 0 Å². The third-order valence-corrected chi connectivity index (χ3v) is 3.71. The number of rotatable bonds is 7. The van der Waals surface area contributed by atoms with Gasteiger partial charge in [-0.25, -0.2) is 4.98 Å². The number of carbonyl (C=O) groups excluding carboxylic acids is 1. The molecule has 1 aromatic carbocycles. The summed E-state index contributed by atoms with van der Waals surface area (Å²) >= 11 is 0. The van der Waals surface area contributed by atoms with Crippen molar-refractivity contribution in [2.75, 3.05) is 33.7 Å². The van der Waals surface area contributed by atoms with Gasteiger partial charge in [-0.15, -0.1) is 0 Å². The van der Waals surface area contributed by atoms with E-state index >= 15 is 0 Å². The third-order valence-electron chi connectivity index (χ3n) is 3.71. The molecule has 0 saturated carbocycles. The Balaban J connectivity index is 2.24. The Morgan fingerprint density at radius 2 is 1.91 bits per heavy atom. The first-order chi connectivity index (χ1) is 11.0. The van der Waals surface area contributed by atoms with E-state index in [1.54, 1.807) is 0 Å². The molecule has 0 saturated heterocycles. The summed E-state index contributed by atoms with van der Waals surface area (Å²) in [7, 11) is 3.96. The van der Waals surface area contributed by atoms with Gasteiger partial charge in [0.1, 0.15) is 6.54 Å². The van der Waals surface area contributed by atoms with Crippen molar-refractivity contribution in [3.05, 3.63) is 40.8 Å². The third kappa shape index (κ3) is 4.39. The lowest BCUT2D eigenvalue weighted by Crippen LogP contribution is -2.40. The van der Waals surface area contributed by atoms with Gasteiger partial charge in [0.25, 0.3) is 5.56 Å². The number of nitrogens with zero attached hydrogens (tertiary/aromatic N) is 4. The van der Waals surface area contributed by atoms with Crippen LogP contribution in [-0.4, -0.2) is 59.0 Å². The van der Waals surface area contributed by atoms with E-state index in [2.05, 4.69) is 4.98 Å². The van der Waals surface area contributed by atoms with Gasteiger partial charge in [-0.3, -0.25) is 14.2 Å². The maximum atomic E-state index is 12.6. The fourth-order valence-corrected chi connectivity index (χ4v) is 2.46. The van der Waals surface area contributed by atoms with Gasteiger partial charge < -0.3 is 9.80 Å². The lowest BCUT2D eigenvalue weighted by atomic mass is 10.3. The van der Waals surface area contributed by atoms with Crippen molar-refractivity contribution in [2.24, 2.45) is 0 Å². The zero-order valence-electron chi connectivity index (χ0n) is 14.0. The molecular formula is C17H24N4O2. The smallest absolute Gasteiger partial charge is 0.269 e. The minimum Gasteiger partial charge on any atom is -0.340 e. The van der Waals surface area contributed by atoms with Crippen LogP contribution < -0.4 is 5.56 Å². The predicted octanol–water partition coefficient (Wildman–Crippen LogP) is 1.20. The first-order valence-electron chi connectivity index (χ1n) is 7.90. The lowest BCUT2D eigenvalue weighted by Gasteiger charge is -2.24. The van der Waals surface area contributed by atoms with Gasteiger partial charge in [0.15, 0.2) is 0 Å². The molecular weight excluding hydrogens is 292 g/mol. The van der Waals surface area contributed by atoms with Crippen LogP contribution in [0.1, 0.15) is 13.3 Å². The van der Waals surface area contributed by atoms with Gasteiger partial charge in [0.05, 0.1) is 17.2 Å². The number of fused-ring (bicyclic) bond motifs is 1. The van der Waals surface area contributed by atoms with E-state index in [-0.39, 0.29) is 18.0 Å². The summed E-state index contributed by atoms with van der Waals surface area (Å²) in [5, 5.41) is 0. The molecule has 0 aliphatic rings. The van der Waals surface area contributed by atoms with E-state index in [4.69, 9.17) is 0 Å². The number of benzene rings is 1. The zero-order chi connectivity index (χ0) is 16.8. The molecule has 6 heteroatoms. The van der Waals surface area contributed by atoms with Crippen LogP contribution in [-0.2, 0) is 11.3 Å². The predicted molar refractivity (Wildman–Crippen MR) is 91.4 cm³/mol. The molecule has 2 rings (SSSR count). The molecule has 124 valence electrons. The topological polar surface area (TPSA) is 58.4 Å². The summed E-state index contributed by atoms with van der Waals surface area (Å²) < 4.78 is 1.50. The second-order valence-electron chi connectivity index (χ2n) is 5.86. The summed E-state index contributed by atoms with van der Waals surface area (Å²) in [5.74, 6) is -0.0350. The minimum absolute atomic E-state index is 0.0350. The average Bonchev–Trinajstić information content (AvgIpc) is 2.53. The molecule has 0 unspecified atom stereocenters. The van der Waals surface area contributed by atoms with Crippen LogP contribution >= 0.6 is 0 Å². The normalized spacial score (nSPS) is 11.1. The monoisotopic (exact) mass is 316 g/mol. The van der Waals surface area contributed by atoms with E-state index in [1.807, 2.05) is 55.1 Å². The number of hydrogen-bond donors (Lipinski definition) is 0. The maximum Gasteiger partial charge on any atom is 0.269 e. The maximum absolute atomic E-state index is 12.6. The number of amides is 1. The summed E-state index contributed by atoms with van der Waals surface area (Å²) in [6.45, 7) is 4.26. The van der Waals surface area contributed by atoms with Crippen molar-refractivity contribution in [3.63, 3.8) is 0 Å². The largest absolute Gasteiger partial charge is 0.340 e. The molecule has 2 aromatic rings. The van der Waals surface area contributed by atoms with E-state index in [0.717, 1.165) is 18.5 Å². The molecule has 1 aromatic heterocycles. The Labute approximate surface area is 136 Å². The van der Waals surface area contributed by atoms with Crippen molar-refractivity contribution in [3.8, 4) is 0 Å². The molecule has 0 aliphatic carbocycles. The zero-order valence-corrected chi connectivity index (χ0v) is 14.0. The second kappa shape index (κ2) is 7.87. The Kier molecular flexibility index (Phi) is 5.87. The number of para-hydroxylation sites is 2. The van der Waals surface area contributed by atoms with Gasteiger partial charge in [-0.05, 0) is 32.6 Å². The highest BCUT2D eigenvalue weighted by Gasteiger charge is 2.15. The quantitative estimate of drug-likeness (QED) is 0.770. The molecule has 0 N–H and O–H groups in total. The molecule has 1 heterocycles. The van der Waals surface area contributed by atoms with E-state index in [0.29, 0.717) is 18.6 Å². The first-order valence-corrected chi connectivity index (χ1v) is 7.90. The number of carbonyl (C=O) groups is 1. The first kappa shape index (κ1) is 17.1. The average molecular weight is 316 g/mol. The van der Waals surface area contributed by atoms with Crippen molar-refractivity contribution in [1.29, 1.82) is 0 Å². The molecule has 23 heavy (non-hydrogen) atoms. The molecule has 0 bridgehead atoms. The van der Waals surface area contributed by atoms with Crippen LogP contribution in [0, 0.1) is 0 Å². The standard InChI is InChI=1S/C17H24N4O2/c1-4-9-20(11-10-19(2)3)17(23)13-21-15-8-6-5-7-14(15)18-12-16(21)22/h5-8,12H,4,9-11,13H2,1-3H3. The highest BCUT2D eigenvalue weighted by Crippen LogP contribution is 2.08. The van der Waals surface area contributed by atoms with Crippen molar-refractivity contribution < 1.29 is 4.79 Å². The van der Waals surface area contributed by atoms with Crippen LogP contribution in [0.15, 0.2) is 35.3 Å². The second-order valence-corrected chi connectivity index (χ2v) is 5.86. The Morgan fingerprint density at radius 3 is 2.61 bits per heavy atom. The number of aromatic nitrogens is 2. The van der Waals surface area contributed by atoms with Crippen LogP contribution in [0.25, 0.3) is 11.0 Å². The molecule has 0 spiro atoms. The highest BCUT2D eigenvalue weighted by molar-refractivity contribution is 5.80. The fourth-order valence-electron chi connectivity index (χ4n) is 2.46. The van der Waals surface area contributed by atoms with E-state index in [9.17, 15) is 9.59 Å². The number of hydrogen-bond acceptors (Lipinski definition) is 4. The van der Waals surface area contributed by atoms with Crippen LogP contribution in [0.4, 0.5) is 0 Å². The van der Waals surface area contributed by atoms with Crippen molar-refractivity contribution in [1.82, 2.24) is 19.4 Å². The molecule has 6 nitrogen and oxygen atoms in total. The SMILES string of the molecule is CCCN(CCN(C)C)C(=O)Cn1c(=O)cnc2ccccc21. The van der Waals surface area contributed by atoms with Crippen LogP contribution in [0.2, 0.25) is 0 Å². The Bertz CT molecular complexity index is 724. The summed E-state index contributed by atoms with van der Waals surface area (Å²) in [4.78, 5) is 32.8. The highest BCUT2D eigenvalue weighted by atomic mass is 16.2. The molecule has 0 aliphatic heterocycles. The summed E-state index contributed by atoms with van der Waals surface area (Å²) in [5.41, 5.74) is 1.16. The Morgan fingerprint density at radius 1 is 1.17 bits per heavy atom. The van der Waals surface area contributed by atoms with Crippen molar-refractivity contribution >= 4 is 16.9 Å². The minimum atomic E-state index is -0.249. The van der Waals surface area contributed by atoms with E-state index < -0.39 is 0 Å². The van der Waals surface area contributed by atoms with E-state index in [1.165, 1.54) is 10.8 Å². The van der Waals surface area contributed by atoms with Crippen molar-refractivity contribution in [2.45, 2.75) is 19.9 Å². The molecule has 0 fully saturated rings. The summed E-state index contributed by atoms with van der Waals surface area (Å²) in [6, 6.07) is 7.37. The molecule has 0 radical (unpaired) electrons. The van der Waals surface area contributed by atoms with Gasteiger partial charge in [0.2, 0.25) is 5.91 Å². The summed E-state index contributed by atoms with van der Waals surface area (Å²) in [6.07, 6.45) is 2.17.